The Labute approximate surface area is 79.8 Å². The van der Waals surface area contributed by atoms with Crippen LogP contribution in [0.5, 0.6) is 0 Å². The van der Waals surface area contributed by atoms with Crippen molar-refractivity contribution in [2.75, 3.05) is 0 Å². The molecule has 0 aromatic carbocycles. The number of halogens is 1. The maximum absolute atomic E-state index is 10.2. The van der Waals surface area contributed by atoms with Gasteiger partial charge in [-0.25, -0.2) is 14.8 Å². The molecule has 6 heteroatoms. The van der Waals surface area contributed by atoms with Crippen molar-refractivity contribution in [3.8, 4) is 0 Å². The van der Waals surface area contributed by atoms with E-state index in [9.17, 15) is 4.79 Å². The van der Waals surface area contributed by atoms with Crippen molar-refractivity contribution < 1.29 is 9.90 Å². The molecule has 11 heavy (non-hydrogen) atoms. The topological polar surface area (TPSA) is 63.1 Å². The van der Waals surface area contributed by atoms with E-state index < -0.39 is 5.97 Å². The molecular weight excluding hydrogens is 162 g/mol. The predicted molar refractivity (Wildman–Crippen MR) is 41.2 cm³/mol. The molecule has 0 amide bonds. The van der Waals surface area contributed by atoms with Gasteiger partial charge in [-0.1, -0.05) is 11.6 Å². The number of aromatic nitrogens is 2. The van der Waals surface area contributed by atoms with E-state index >= 15 is 0 Å². The van der Waals surface area contributed by atoms with Gasteiger partial charge >= 0.3 is 24.8 Å². The second kappa shape index (κ2) is 4.34. The molecule has 0 spiro atoms. The summed E-state index contributed by atoms with van der Waals surface area (Å²) in [4.78, 5) is 17.2. The predicted octanol–water partition coefficient (Wildman–Crippen LogP) is 0.180. The fourth-order valence-electron chi connectivity index (χ4n) is 0.423. The van der Waals surface area contributed by atoms with Crippen molar-refractivity contribution >= 4 is 36.4 Å². The Bertz CT molecular complexity index is 251. The Morgan fingerprint density at radius 3 is 2.45 bits per heavy atom. The summed E-state index contributed by atoms with van der Waals surface area (Å²) < 4.78 is 0. The van der Waals surface area contributed by atoms with Gasteiger partial charge in [0.25, 0.3) is 0 Å². The van der Waals surface area contributed by atoms with Gasteiger partial charge in [-0.15, -0.1) is 0 Å². The zero-order valence-corrected chi connectivity index (χ0v) is 5.54. The molecule has 4 nitrogen and oxygen atoms in total. The fourth-order valence-corrected chi connectivity index (χ4v) is 0.520. The Balaban J connectivity index is 0.000001000. The summed E-state index contributed by atoms with van der Waals surface area (Å²) in [6.45, 7) is 0. The van der Waals surface area contributed by atoms with Crippen LogP contribution in [-0.4, -0.2) is 39.9 Å². The molecule has 1 N–H and O–H groups in total. The number of aromatic carboxylic acids is 1. The molecule has 0 aliphatic rings. The second-order valence-electron chi connectivity index (χ2n) is 1.53. The average molecular weight is 166 g/mol. The number of hydrogen-bond acceptors (Lipinski definition) is 3. The van der Waals surface area contributed by atoms with E-state index in [1.165, 1.54) is 6.20 Å². The van der Waals surface area contributed by atoms with E-state index in [4.69, 9.17) is 16.7 Å². The van der Waals surface area contributed by atoms with Crippen LogP contribution >= 0.6 is 11.6 Å². The van der Waals surface area contributed by atoms with Crippen molar-refractivity contribution in [3.63, 3.8) is 0 Å². The molecule has 0 fully saturated rings. The Morgan fingerprint density at radius 1 is 1.45 bits per heavy atom. The van der Waals surface area contributed by atoms with E-state index in [0.29, 0.717) is 0 Å². The zero-order chi connectivity index (χ0) is 7.56. The maximum atomic E-state index is 10.2. The van der Waals surface area contributed by atoms with Gasteiger partial charge in [-0.05, 0) is 0 Å². The van der Waals surface area contributed by atoms with Crippen LogP contribution in [0, 0.1) is 0 Å². The summed E-state index contributed by atoms with van der Waals surface area (Å²) in [6, 6.07) is 0. The molecule has 0 aliphatic carbocycles. The average Bonchev–Trinajstić information content (AvgIpc) is 1.88. The normalized spacial score (nSPS) is 8.45. The Kier molecular flexibility index (Phi) is 4.12. The van der Waals surface area contributed by atoms with Crippen molar-refractivity contribution in [2.45, 2.75) is 0 Å². The van der Waals surface area contributed by atoms with Crippen molar-refractivity contribution in [3.05, 3.63) is 23.2 Å². The van der Waals surface area contributed by atoms with E-state index in [2.05, 4.69) is 9.97 Å². The molecular formula is C5H4ClLiN2O2. The Morgan fingerprint density at radius 2 is 2.09 bits per heavy atom. The monoisotopic (exact) mass is 166 g/mol. The van der Waals surface area contributed by atoms with Crippen LogP contribution in [0.1, 0.15) is 10.5 Å². The molecule has 1 aromatic heterocycles. The van der Waals surface area contributed by atoms with Gasteiger partial charge in [-0.2, -0.15) is 0 Å². The number of nitrogens with zero attached hydrogens (tertiary/aromatic N) is 2. The summed E-state index contributed by atoms with van der Waals surface area (Å²) in [6.07, 6.45) is 2.29. The number of rotatable bonds is 1. The summed E-state index contributed by atoms with van der Waals surface area (Å²) in [5.41, 5.74) is -0.107. The number of hydrogen-bond donors (Lipinski definition) is 1. The van der Waals surface area contributed by atoms with Crippen molar-refractivity contribution in [1.82, 2.24) is 9.97 Å². The molecule has 1 rings (SSSR count). The first-order valence-electron chi connectivity index (χ1n) is 2.41. The van der Waals surface area contributed by atoms with E-state index in [1.807, 2.05) is 0 Å². The molecule has 0 aliphatic heterocycles. The second-order valence-corrected chi connectivity index (χ2v) is 1.92. The third-order valence-corrected chi connectivity index (χ3v) is 1.03. The van der Waals surface area contributed by atoms with Gasteiger partial charge in [0.1, 0.15) is 5.15 Å². The third-order valence-electron chi connectivity index (χ3n) is 0.839. The van der Waals surface area contributed by atoms with E-state index in [1.54, 1.807) is 0 Å². The van der Waals surface area contributed by atoms with Gasteiger partial charge in [0.05, 0.1) is 12.4 Å². The van der Waals surface area contributed by atoms with Crippen LogP contribution in [0.2, 0.25) is 5.15 Å². The molecule has 1 heterocycles. The summed E-state index contributed by atoms with van der Waals surface area (Å²) in [7, 11) is 0. The molecule has 1 aromatic rings. The molecule has 0 atom stereocenters. The summed E-state index contributed by atoms with van der Waals surface area (Å²) in [5, 5.41) is 8.52. The number of carboxylic acid groups (broad SMARTS) is 1. The first-order chi connectivity index (χ1) is 4.70. The number of carbonyl (C=O) groups is 1. The molecule has 0 radical (unpaired) electrons. The van der Waals surface area contributed by atoms with E-state index in [0.717, 1.165) is 6.20 Å². The van der Waals surface area contributed by atoms with Gasteiger partial charge in [-0.3, -0.25) is 0 Å². The van der Waals surface area contributed by atoms with Crippen molar-refractivity contribution in [2.24, 2.45) is 0 Å². The zero-order valence-electron chi connectivity index (χ0n) is 4.78. The van der Waals surface area contributed by atoms with E-state index in [-0.39, 0.29) is 29.7 Å². The Hall–Kier alpha value is -0.563. The summed E-state index contributed by atoms with van der Waals surface area (Å²) >= 11 is 5.35. The van der Waals surface area contributed by atoms with Crippen LogP contribution in [0.4, 0.5) is 0 Å². The minimum atomic E-state index is -1.11. The quantitative estimate of drug-likeness (QED) is 0.605. The first kappa shape index (κ1) is 10.4. The molecule has 54 valence electrons. The SMILES string of the molecule is O=C(O)c1cnc(Cl)cn1.[LiH]. The van der Waals surface area contributed by atoms with Crippen LogP contribution in [-0.2, 0) is 0 Å². The molecule has 0 saturated carbocycles. The van der Waals surface area contributed by atoms with Crippen LogP contribution < -0.4 is 0 Å². The minimum absolute atomic E-state index is 0. The summed E-state index contributed by atoms with van der Waals surface area (Å²) in [5.74, 6) is -1.11. The molecule has 0 saturated heterocycles. The van der Waals surface area contributed by atoms with Gasteiger partial charge < -0.3 is 5.11 Å². The standard InChI is InChI=1S/C5H3ClN2O2.Li.H/c6-4-2-7-3(1-8-4)5(9)10;;/h1-2H,(H,9,10);;. The molecule has 0 unspecified atom stereocenters. The van der Waals surface area contributed by atoms with Gasteiger partial charge in [0.15, 0.2) is 5.69 Å². The molecule has 0 bridgehead atoms. The van der Waals surface area contributed by atoms with Crippen LogP contribution in [0.3, 0.4) is 0 Å². The third kappa shape index (κ3) is 2.89. The van der Waals surface area contributed by atoms with Gasteiger partial charge in [0, 0.05) is 0 Å². The van der Waals surface area contributed by atoms with Gasteiger partial charge in [0.2, 0.25) is 0 Å². The fraction of sp³-hybridized carbons (Fsp3) is 0. The number of carboxylic acids is 1. The van der Waals surface area contributed by atoms with Crippen LogP contribution in [0.25, 0.3) is 0 Å². The first-order valence-corrected chi connectivity index (χ1v) is 2.79. The van der Waals surface area contributed by atoms with Crippen molar-refractivity contribution in [1.29, 1.82) is 0 Å². The van der Waals surface area contributed by atoms with Crippen LogP contribution in [0.15, 0.2) is 12.4 Å².